The number of aliphatic hydroxyl groups excluding tert-OH is 1. The minimum atomic E-state index is -0.850. The van der Waals surface area contributed by atoms with E-state index in [2.05, 4.69) is 5.10 Å². The highest BCUT2D eigenvalue weighted by Gasteiger charge is 2.16. The van der Waals surface area contributed by atoms with E-state index in [1.54, 1.807) is 6.07 Å². The van der Waals surface area contributed by atoms with E-state index in [-0.39, 0.29) is 11.3 Å². The number of amides is 1. The maximum absolute atomic E-state index is 13.8. The van der Waals surface area contributed by atoms with Gasteiger partial charge in [0.2, 0.25) is 0 Å². The Labute approximate surface area is 103 Å². The average molecular weight is 249 g/mol. The number of rotatable bonds is 3. The number of hydrogen-bond donors (Lipinski definition) is 2. The lowest BCUT2D eigenvalue weighted by Crippen LogP contribution is -2.10. The van der Waals surface area contributed by atoms with Gasteiger partial charge in [0.1, 0.15) is 11.5 Å². The number of carbonyl (C=O) groups excluding carboxylic acids is 1. The summed E-state index contributed by atoms with van der Waals surface area (Å²) in [7, 11) is 0. The van der Waals surface area contributed by atoms with Gasteiger partial charge in [0.15, 0.2) is 0 Å². The van der Waals surface area contributed by atoms with Gasteiger partial charge in [-0.05, 0) is 13.0 Å². The van der Waals surface area contributed by atoms with Crippen molar-refractivity contribution in [2.24, 2.45) is 5.73 Å². The molecule has 0 aliphatic rings. The molecule has 0 radical (unpaired) electrons. The minimum Gasteiger partial charge on any atom is -0.389 e. The van der Waals surface area contributed by atoms with Crippen molar-refractivity contribution in [2.45, 2.75) is 13.0 Å². The summed E-state index contributed by atoms with van der Waals surface area (Å²) in [6.45, 7) is 1.52. The zero-order valence-corrected chi connectivity index (χ0v) is 9.67. The van der Waals surface area contributed by atoms with E-state index in [0.29, 0.717) is 5.56 Å². The van der Waals surface area contributed by atoms with Gasteiger partial charge in [0.25, 0.3) is 5.91 Å². The fourth-order valence-corrected chi connectivity index (χ4v) is 1.68. The lowest BCUT2D eigenvalue weighted by molar-refractivity contribution is 0.100. The predicted molar refractivity (Wildman–Crippen MR) is 62.7 cm³/mol. The molecular weight excluding hydrogens is 237 g/mol. The molecule has 0 unspecified atom stereocenters. The van der Waals surface area contributed by atoms with Crippen LogP contribution in [0.2, 0.25) is 0 Å². The van der Waals surface area contributed by atoms with E-state index >= 15 is 0 Å². The highest BCUT2D eigenvalue weighted by atomic mass is 19.1. The first-order valence-corrected chi connectivity index (χ1v) is 5.32. The van der Waals surface area contributed by atoms with Crippen LogP contribution in [0, 0.1) is 5.82 Å². The Morgan fingerprint density at radius 3 is 2.83 bits per heavy atom. The van der Waals surface area contributed by atoms with Crippen LogP contribution in [-0.2, 0) is 0 Å². The average Bonchev–Trinajstić information content (AvgIpc) is 2.77. The van der Waals surface area contributed by atoms with Gasteiger partial charge in [0.05, 0.1) is 17.9 Å². The highest BCUT2D eigenvalue weighted by Crippen LogP contribution is 2.24. The molecule has 6 heteroatoms. The molecule has 1 amide bonds. The zero-order valence-electron chi connectivity index (χ0n) is 9.67. The quantitative estimate of drug-likeness (QED) is 0.856. The van der Waals surface area contributed by atoms with Crippen LogP contribution in [0.5, 0.6) is 0 Å². The van der Waals surface area contributed by atoms with Crippen LogP contribution in [0.1, 0.15) is 28.9 Å². The summed E-state index contributed by atoms with van der Waals surface area (Å²) >= 11 is 0. The second-order valence-electron chi connectivity index (χ2n) is 3.89. The smallest absolute Gasteiger partial charge is 0.251 e. The molecule has 2 aromatic rings. The number of halogens is 1. The van der Waals surface area contributed by atoms with Gasteiger partial charge in [-0.15, -0.1) is 0 Å². The number of para-hydroxylation sites is 1. The van der Waals surface area contributed by atoms with Gasteiger partial charge in [-0.25, -0.2) is 9.07 Å². The van der Waals surface area contributed by atoms with Gasteiger partial charge in [-0.3, -0.25) is 4.79 Å². The first-order chi connectivity index (χ1) is 8.50. The third kappa shape index (κ3) is 2.10. The summed E-state index contributed by atoms with van der Waals surface area (Å²) in [6.07, 6.45) is 1.73. The molecule has 94 valence electrons. The fraction of sp³-hybridized carbons (Fsp3) is 0.167. The SMILES string of the molecule is C[C@@H](O)c1cccc(F)c1-n1cc(C(N)=O)cn1. The molecular formula is C12H12FN3O2. The molecule has 1 aromatic carbocycles. The van der Waals surface area contributed by atoms with Crippen molar-refractivity contribution in [1.29, 1.82) is 0 Å². The van der Waals surface area contributed by atoms with Crippen LogP contribution in [0.3, 0.4) is 0 Å². The molecule has 0 aliphatic heterocycles. The summed E-state index contributed by atoms with van der Waals surface area (Å²) < 4.78 is 15.0. The van der Waals surface area contributed by atoms with Crippen LogP contribution in [0.4, 0.5) is 4.39 Å². The van der Waals surface area contributed by atoms with Gasteiger partial charge >= 0.3 is 0 Å². The van der Waals surface area contributed by atoms with Gasteiger partial charge < -0.3 is 10.8 Å². The van der Waals surface area contributed by atoms with Crippen LogP contribution in [-0.4, -0.2) is 20.8 Å². The molecule has 5 nitrogen and oxygen atoms in total. The summed E-state index contributed by atoms with van der Waals surface area (Å²) in [4.78, 5) is 11.0. The number of primary amides is 1. The third-order valence-corrected chi connectivity index (χ3v) is 2.56. The molecule has 1 heterocycles. The van der Waals surface area contributed by atoms with E-state index in [4.69, 9.17) is 5.73 Å². The summed E-state index contributed by atoms with van der Waals surface area (Å²) in [5, 5.41) is 13.5. The Kier molecular flexibility index (Phi) is 3.12. The van der Waals surface area contributed by atoms with Crippen molar-refractivity contribution in [3.63, 3.8) is 0 Å². The Hall–Kier alpha value is -2.21. The molecule has 0 spiro atoms. The number of nitrogens with two attached hydrogens (primary N) is 1. The first kappa shape index (κ1) is 12.3. The maximum atomic E-state index is 13.8. The minimum absolute atomic E-state index is 0.111. The molecule has 0 saturated carbocycles. The second-order valence-corrected chi connectivity index (χ2v) is 3.89. The fourth-order valence-electron chi connectivity index (χ4n) is 1.68. The topological polar surface area (TPSA) is 81.1 Å². The Morgan fingerprint density at radius 2 is 2.28 bits per heavy atom. The number of aliphatic hydroxyl groups is 1. The molecule has 0 aliphatic carbocycles. The summed E-state index contributed by atoms with van der Waals surface area (Å²) in [5.74, 6) is -1.18. The normalized spacial score (nSPS) is 12.4. The monoisotopic (exact) mass is 249 g/mol. The van der Waals surface area contributed by atoms with E-state index in [1.165, 1.54) is 36.1 Å². The van der Waals surface area contributed by atoms with Crippen molar-refractivity contribution < 1.29 is 14.3 Å². The van der Waals surface area contributed by atoms with Crippen LogP contribution in [0.15, 0.2) is 30.6 Å². The van der Waals surface area contributed by atoms with E-state index in [1.807, 2.05) is 0 Å². The molecule has 0 fully saturated rings. The van der Waals surface area contributed by atoms with Gasteiger partial charge in [0, 0.05) is 11.8 Å². The van der Waals surface area contributed by atoms with E-state index < -0.39 is 17.8 Å². The number of nitrogens with zero attached hydrogens (tertiary/aromatic N) is 2. The van der Waals surface area contributed by atoms with Crippen molar-refractivity contribution >= 4 is 5.91 Å². The van der Waals surface area contributed by atoms with E-state index in [9.17, 15) is 14.3 Å². The van der Waals surface area contributed by atoms with Crippen LogP contribution in [0.25, 0.3) is 5.69 Å². The molecule has 0 saturated heterocycles. The lowest BCUT2D eigenvalue weighted by atomic mass is 10.1. The highest BCUT2D eigenvalue weighted by molar-refractivity contribution is 5.92. The molecule has 2 rings (SSSR count). The van der Waals surface area contributed by atoms with Crippen molar-refractivity contribution in [3.05, 3.63) is 47.5 Å². The Balaban J connectivity index is 2.58. The number of carbonyl (C=O) groups is 1. The van der Waals surface area contributed by atoms with Crippen LogP contribution >= 0.6 is 0 Å². The summed E-state index contributed by atoms with van der Waals surface area (Å²) in [6, 6.07) is 4.35. The van der Waals surface area contributed by atoms with Gasteiger partial charge in [-0.1, -0.05) is 12.1 Å². The van der Waals surface area contributed by atoms with Crippen molar-refractivity contribution in [2.75, 3.05) is 0 Å². The zero-order chi connectivity index (χ0) is 13.3. The molecule has 1 aromatic heterocycles. The van der Waals surface area contributed by atoms with Crippen molar-refractivity contribution in [3.8, 4) is 5.69 Å². The predicted octanol–water partition coefficient (Wildman–Crippen LogP) is 1.16. The Morgan fingerprint density at radius 1 is 1.56 bits per heavy atom. The van der Waals surface area contributed by atoms with E-state index in [0.717, 1.165) is 0 Å². The lowest BCUT2D eigenvalue weighted by Gasteiger charge is -2.12. The Bertz CT molecular complexity index is 593. The van der Waals surface area contributed by atoms with Gasteiger partial charge in [-0.2, -0.15) is 5.10 Å². The number of benzene rings is 1. The molecule has 3 N–H and O–H groups in total. The summed E-state index contributed by atoms with van der Waals surface area (Å²) in [5.41, 5.74) is 5.78. The number of hydrogen-bond acceptors (Lipinski definition) is 3. The second kappa shape index (κ2) is 4.58. The molecule has 18 heavy (non-hydrogen) atoms. The van der Waals surface area contributed by atoms with Crippen LogP contribution < -0.4 is 5.73 Å². The largest absolute Gasteiger partial charge is 0.389 e. The standard InChI is InChI=1S/C12H12FN3O2/c1-7(17)9-3-2-4-10(13)11(9)16-6-8(5-15-16)12(14)18/h2-7,17H,1H3,(H2,14,18)/t7-/m1/s1. The molecule has 0 bridgehead atoms. The maximum Gasteiger partial charge on any atom is 0.251 e. The van der Waals surface area contributed by atoms with Crippen molar-refractivity contribution in [1.82, 2.24) is 9.78 Å². The first-order valence-electron chi connectivity index (χ1n) is 5.32. The number of aromatic nitrogens is 2. The third-order valence-electron chi connectivity index (χ3n) is 2.56. The molecule has 1 atom stereocenters.